The van der Waals surface area contributed by atoms with Gasteiger partial charge in [-0.05, 0) is 62.3 Å². The van der Waals surface area contributed by atoms with Crippen LogP contribution >= 0.6 is 0 Å². The Morgan fingerprint density at radius 2 is 1.82 bits per heavy atom. The molecule has 0 aromatic heterocycles. The first-order valence-electron chi connectivity index (χ1n) is 6.35. The van der Waals surface area contributed by atoms with Gasteiger partial charge >= 0.3 is 0 Å². The maximum absolute atomic E-state index is 12.2. The van der Waals surface area contributed by atoms with Crippen LogP contribution in [0.15, 0.2) is 12.1 Å². The van der Waals surface area contributed by atoms with Crippen molar-refractivity contribution in [3.8, 4) is 0 Å². The molecular formula is C15H21NO. The first-order chi connectivity index (χ1) is 7.99. The van der Waals surface area contributed by atoms with Gasteiger partial charge in [0.05, 0.1) is 0 Å². The van der Waals surface area contributed by atoms with Gasteiger partial charge in [-0.1, -0.05) is 6.07 Å². The van der Waals surface area contributed by atoms with E-state index in [0.29, 0.717) is 12.3 Å². The molecule has 17 heavy (non-hydrogen) atoms. The predicted molar refractivity (Wildman–Crippen MR) is 70.3 cm³/mol. The Bertz CT molecular complexity index is 446. The Morgan fingerprint density at radius 1 is 1.24 bits per heavy atom. The zero-order valence-electron chi connectivity index (χ0n) is 10.9. The van der Waals surface area contributed by atoms with Crippen molar-refractivity contribution in [2.75, 3.05) is 0 Å². The summed E-state index contributed by atoms with van der Waals surface area (Å²) >= 11 is 0. The average molecular weight is 231 g/mol. The molecule has 92 valence electrons. The van der Waals surface area contributed by atoms with Gasteiger partial charge < -0.3 is 5.73 Å². The van der Waals surface area contributed by atoms with Crippen molar-refractivity contribution in [2.24, 2.45) is 11.7 Å². The van der Waals surface area contributed by atoms with Crippen molar-refractivity contribution in [2.45, 2.75) is 46.1 Å². The van der Waals surface area contributed by atoms with E-state index in [1.54, 1.807) is 0 Å². The molecule has 1 aliphatic rings. The van der Waals surface area contributed by atoms with Gasteiger partial charge in [0.2, 0.25) is 0 Å². The van der Waals surface area contributed by atoms with E-state index in [9.17, 15) is 4.79 Å². The third kappa shape index (κ3) is 2.75. The summed E-state index contributed by atoms with van der Waals surface area (Å²) in [7, 11) is 0. The van der Waals surface area contributed by atoms with Gasteiger partial charge in [0.25, 0.3) is 0 Å². The second kappa shape index (κ2) is 4.61. The lowest BCUT2D eigenvalue weighted by Gasteiger charge is -2.12. The topological polar surface area (TPSA) is 43.1 Å². The molecule has 1 aromatic carbocycles. The Balaban J connectivity index is 2.15. The standard InChI is InChI=1S/C15H21NO/c1-9-6-11(3)13(7-10(9)2)15(17)8-14(16)12-4-5-12/h6-7,12,14H,4-5,8,16H2,1-3H3. The van der Waals surface area contributed by atoms with Gasteiger partial charge in [-0.15, -0.1) is 0 Å². The Labute approximate surface area is 103 Å². The molecule has 1 atom stereocenters. The molecule has 2 rings (SSSR count). The number of hydrogen-bond acceptors (Lipinski definition) is 2. The average Bonchev–Trinajstić information content (AvgIpc) is 3.06. The van der Waals surface area contributed by atoms with Crippen LogP contribution in [0.25, 0.3) is 0 Å². The summed E-state index contributed by atoms with van der Waals surface area (Å²) in [5.41, 5.74) is 10.4. The SMILES string of the molecule is Cc1cc(C)c(C(=O)CC(N)C2CC2)cc1C. The molecule has 0 aliphatic heterocycles. The summed E-state index contributed by atoms with van der Waals surface area (Å²) in [5, 5.41) is 0. The smallest absolute Gasteiger partial charge is 0.164 e. The molecule has 0 radical (unpaired) electrons. The van der Waals surface area contributed by atoms with E-state index in [1.165, 1.54) is 24.0 Å². The second-order valence-electron chi connectivity index (χ2n) is 5.38. The molecule has 0 heterocycles. The lowest BCUT2D eigenvalue weighted by molar-refractivity contribution is 0.0971. The third-order valence-corrected chi connectivity index (χ3v) is 3.79. The van der Waals surface area contributed by atoms with E-state index in [4.69, 9.17) is 5.73 Å². The van der Waals surface area contributed by atoms with Crippen LogP contribution in [0.5, 0.6) is 0 Å². The summed E-state index contributed by atoms with van der Waals surface area (Å²) in [6.45, 7) is 6.13. The summed E-state index contributed by atoms with van der Waals surface area (Å²) in [4.78, 5) is 12.2. The van der Waals surface area contributed by atoms with E-state index in [1.807, 2.05) is 19.9 Å². The summed E-state index contributed by atoms with van der Waals surface area (Å²) in [6, 6.07) is 4.15. The van der Waals surface area contributed by atoms with Gasteiger partial charge in [-0.2, -0.15) is 0 Å². The second-order valence-corrected chi connectivity index (χ2v) is 5.38. The quantitative estimate of drug-likeness (QED) is 0.810. The fourth-order valence-corrected chi connectivity index (χ4v) is 2.28. The molecule has 0 saturated heterocycles. The predicted octanol–water partition coefficient (Wildman–Crippen LogP) is 2.92. The van der Waals surface area contributed by atoms with Crippen LogP contribution in [0, 0.1) is 26.7 Å². The van der Waals surface area contributed by atoms with Gasteiger partial charge in [0.15, 0.2) is 5.78 Å². The van der Waals surface area contributed by atoms with Crippen molar-refractivity contribution >= 4 is 5.78 Å². The summed E-state index contributed by atoms with van der Waals surface area (Å²) < 4.78 is 0. The minimum atomic E-state index is 0.0588. The van der Waals surface area contributed by atoms with Crippen molar-refractivity contribution in [3.05, 3.63) is 34.4 Å². The summed E-state index contributed by atoms with van der Waals surface area (Å²) in [5.74, 6) is 0.788. The number of carbonyl (C=O) groups excluding carboxylic acids is 1. The Kier molecular flexibility index (Phi) is 3.34. The first-order valence-corrected chi connectivity index (χ1v) is 6.35. The highest BCUT2D eigenvalue weighted by molar-refractivity contribution is 5.98. The van der Waals surface area contributed by atoms with Gasteiger partial charge in [0, 0.05) is 18.0 Å². The van der Waals surface area contributed by atoms with E-state index in [0.717, 1.165) is 11.1 Å². The van der Waals surface area contributed by atoms with Gasteiger partial charge in [0.1, 0.15) is 0 Å². The van der Waals surface area contributed by atoms with Crippen molar-refractivity contribution in [1.29, 1.82) is 0 Å². The van der Waals surface area contributed by atoms with Crippen LogP contribution < -0.4 is 5.73 Å². The van der Waals surface area contributed by atoms with Crippen molar-refractivity contribution in [3.63, 3.8) is 0 Å². The molecule has 1 aromatic rings. The largest absolute Gasteiger partial charge is 0.327 e. The highest BCUT2D eigenvalue weighted by Crippen LogP contribution is 2.33. The number of ketones is 1. The molecular weight excluding hydrogens is 210 g/mol. The van der Waals surface area contributed by atoms with Crippen molar-refractivity contribution < 1.29 is 4.79 Å². The zero-order chi connectivity index (χ0) is 12.6. The maximum atomic E-state index is 12.2. The fourth-order valence-electron chi connectivity index (χ4n) is 2.28. The first kappa shape index (κ1) is 12.3. The minimum absolute atomic E-state index is 0.0588. The number of rotatable bonds is 4. The summed E-state index contributed by atoms with van der Waals surface area (Å²) in [6.07, 6.45) is 2.88. The molecule has 1 saturated carbocycles. The van der Waals surface area contributed by atoms with E-state index in [-0.39, 0.29) is 11.8 Å². The Hall–Kier alpha value is -1.15. The molecule has 0 bridgehead atoms. The Morgan fingerprint density at radius 3 is 2.41 bits per heavy atom. The molecule has 0 amide bonds. The molecule has 1 unspecified atom stereocenters. The molecule has 2 N–H and O–H groups in total. The van der Waals surface area contributed by atoms with E-state index in [2.05, 4.69) is 13.0 Å². The number of benzene rings is 1. The monoisotopic (exact) mass is 231 g/mol. The number of hydrogen-bond donors (Lipinski definition) is 1. The highest BCUT2D eigenvalue weighted by atomic mass is 16.1. The number of Topliss-reactive ketones (excluding diaryl/α,β-unsaturated/α-hetero) is 1. The zero-order valence-corrected chi connectivity index (χ0v) is 10.9. The van der Waals surface area contributed by atoms with Crippen LogP contribution in [-0.2, 0) is 0 Å². The highest BCUT2D eigenvalue weighted by Gasteiger charge is 2.30. The number of aryl methyl sites for hydroxylation is 3. The van der Waals surface area contributed by atoms with Crippen LogP contribution in [0.2, 0.25) is 0 Å². The van der Waals surface area contributed by atoms with Gasteiger partial charge in [-0.3, -0.25) is 4.79 Å². The molecule has 2 nitrogen and oxygen atoms in total. The fraction of sp³-hybridized carbons (Fsp3) is 0.533. The number of carbonyl (C=O) groups is 1. The molecule has 1 aliphatic carbocycles. The van der Waals surface area contributed by atoms with E-state index >= 15 is 0 Å². The maximum Gasteiger partial charge on any atom is 0.164 e. The number of nitrogens with two attached hydrogens (primary N) is 1. The van der Waals surface area contributed by atoms with Crippen LogP contribution in [0.3, 0.4) is 0 Å². The van der Waals surface area contributed by atoms with Crippen LogP contribution in [0.1, 0.15) is 46.3 Å². The minimum Gasteiger partial charge on any atom is -0.327 e. The van der Waals surface area contributed by atoms with E-state index < -0.39 is 0 Å². The third-order valence-electron chi connectivity index (χ3n) is 3.79. The van der Waals surface area contributed by atoms with Crippen LogP contribution in [-0.4, -0.2) is 11.8 Å². The normalized spacial score (nSPS) is 16.9. The van der Waals surface area contributed by atoms with Gasteiger partial charge in [-0.25, -0.2) is 0 Å². The molecule has 0 spiro atoms. The van der Waals surface area contributed by atoms with Crippen LogP contribution in [0.4, 0.5) is 0 Å². The lowest BCUT2D eigenvalue weighted by Crippen LogP contribution is -2.26. The molecule has 2 heteroatoms. The lowest BCUT2D eigenvalue weighted by atomic mass is 9.94. The van der Waals surface area contributed by atoms with Crippen molar-refractivity contribution in [1.82, 2.24) is 0 Å². The molecule has 1 fully saturated rings.